The van der Waals surface area contributed by atoms with Crippen molar-refractivity contribution in [3.63, 3.8) is 0 Å². The highest BCUT2D eigenvalue weighted by Gasteiger charge is 2.07. The molecule has 0 amide bonds. The third kappa shape index (κ3) is 2.10. The lowest BCUT2D eigenvalue weighted by atomic mass is 10.3. The molecule has 1 aliphatic heterocycles. The van der Waals surface area contributed by atoms with Crippen LogP contribution in [0.2, 0.25) is 0 Å². The van der Waals surface area contributed by atoms with Crippen molar-refractivity contribution >= 4 is 11.5 Å². The first-order chi connectivity index (χ1) is 6.84. The number of halogens is 1. The lowest BCUT2D eigenvalue weighted by Crippen LogP contribution is -2.26. The van der Waals surface area contributed by atoms with Gasteiger partial charge < -0.3 is 5.32 Å². The number of hydrogen-bond donors (Lipinski definition) is 1. The second kappa shape index (κ2) is 3.91. The number of rotatable bonds is 1. The molecule has 0 atom stereocenters. The predicted molar refractivity (Wildman–Crippen MR) is 54.5 cm³/mol. The Bertz CT molecular complexity index is 359. The SMILES string of the molecule is FN1C=CN=C(Nc2ccccc2)C1. The van der Waals surface area contributed by atoms with Gasteiger partial charge in [-0.1, -0.05) is 18.2 Å². The molecule has 14 heavy (non-hydrogen) atoms. The summed E-state index contributed by atoms with van der Waals surface area (Å²) < 4.78 is 12.8. The molecule has 1 aromatic carbocycles. The van der Waals surface area contributed by atoms with Gasteiger partial charge >= 0.3 is 0 Å². The third-order valence-electron chi connectivity index (χ3n) is 1.82. The Balaban J connectivity index is 2.05. The van der Waals surface area contributed by atoms with Gasteiger partial charge in [-0.3, -0.25) is 0 Å². The first-order valence-electron chi connectivity index (χ1n) is 4.32. The average molecular weight is 191 g/mol. The number of hydrogen-bond acceptors (Lipinski definition) is 3. The molecule has 0 aliphatic carbocycles. The summed E-state index contributed by atoms with van der Waals surface area (Å²) in [4.78, 5) is 4.02. The summed E-state index contributed by atoms with van der Waals surface area (Å²) in [6.45, 7) is 0.158. The Morgan fingerprint density at radius 2 is 2.07 bits per heavy atom. The van der Waals surface area contributed by atoms with Crippen molar-refractivity contribution < 1.29 is 4.48 Å². The van der Waals surface area contributed by atoms with E-state index in [-0.39, 0.29) is 6.54 Å². The van der Waals surface area contributed by atoms with Crippen molar-refractivity contribution in [1.82, 2.24) is 5.12 Å². The van der Waals surface area contributed by atoms with Crippen LogP contribution in [0.3, 0.4) is 0 Å². The van der Waals surface area contributed by atoms with Gasteiger partial charge in [0.1, 0.15) is 12.4 Å². The minimum absolute atomic E-state index is 0.158. The topological polar surface area (TPSA) is 27.6 Å². The largest absolute Gasteiger partial charge is 0.342 e. The van der Waals surface area contributed by atoms with Crippen molar-refractivity contribution in [2.45, 2.75) is 0 Å². The van der Waals surface area contributed by atoms with Crippen molar-refractivity contribution in [2.75, 3.05) is 11.9 Å². The highest BCUT2D eigenvalue weighted by molar-refractivity contribution is 5.97. The molecule has 0 radical (unpaired) electrons. The van der Waals surface area contributed by atoms with Crippen LogP contribution < -0.4 is 5.32 Å². The summed E-state index contributed by atoms with van der Waals surface area (Å²) in [5.41, 5.74) is 0.912. The molecule has 0 saturated carbocycles. The molecule has 0 saturated heterocycles. The Kier molecular flexibility index (Phi) is 2.44. The summed E-state index contributed by atoms with van der Waals surface area (Å²) in [7, 11) is 0. The van der Waals surface area contributed by atoms with Crippen LogP contribution in [0.1, 0.15) is 0 Å². The summed E-state index contributed by atoms with van der Waals surface area (Å²) in [6, 6.07) is 9.56. The summed E-state index contributed by atoms with van der Waals surface area (Å²) in [6.07, 6.45) is 2.71. The third-order valence-corrected chi connectivity index (χ3v) is 1.82. The number of benzene rings is 1. The Morgan fingerprint density at radius 1 is 1.29 bits per heavy atom. The molecule has 0 unspecified atom stereocenters. The van der Waals surface area contributed by atoms with Gasteiger partial charge in [-0.25, -0.2) is 10.1 Å². The van der Waals surface area contributed by atoms with E-state index < -0.39 is 0 Å². The summed E-state index contributed by atoms with van der Waals surface area (Å²) in [5, 5.41) is 3.61. The molecule has 0 aromatic heterocycles. The quantitative estimate of drug-likeness (QED) is 0.689. The monoisotopic (exact) mass is 191 g/mol. The van der Waals surface area contributed by atoms with Crippen LogP contribution in [0.5, 0.6) is 0 Å². The number of amidine groups is 1. The second-order valence-corrected chi connectivity index (χ2v) is 2.92. The zero-order valence-electron chi connectivity index (χ0n) is 7.52. The molecule has 1 heterocycles. The highest BCUT2D eigenvalue weighted by atomic mass is 19.2. The molecule has 0 bridgehead atoms. The van der Waals surface area contributed by atoms with Crippen LogP contribution in [-0.2, 0) is 0 Å². The maximum atomic E-state index is 12.8. The van der Waals surface area contributed by atoms with E-state index in [1.54, 1.807) is 0 Å². The predicted octanol–water partition coefficient (Wildman–Crippen LogP) is 2.17. The van der Waals surface area contributed by atoms with Gasteiger partial charge in [0.15, 0.2) is 0 Å². The molecule has 4 heteroatoms. The summed E-state index contributed by atoms with van der Waals surface area (Å²) in [5.74, 6) is 0.598. The number of nitrogens with one attached hydrogen (secondary N) is 1. The maximum absolute atomic E-state index is 12.8. The number of nitrogens with zero attached hydrogens (tertiary/aromatic N) is 2. The molecule has 0 spiro atoms. The number of aliphatic imine (C=N–C) groups is 1. The Labute approximate surface area is 81.5 Å². The van der Waals surface area contributed by atoms with Crippen molar-refractivity contribution in [3.05, 3.63) is 42.7 Å². The Hall–Kier alpha value is -1.84. The van der Waals surface area contributed by atoms with E-state index in [1.165, 1.54) is 12.4 Å². The van der Waals surface area contributed by atoms with E-state index in [0.29, 0.717) is 11.0 Å². The second-order valence-electron chi connectivity index (χ2n) is 2.92. The van der Waals surface area contributed by atoms with Gasteiger partial charge in [0.25, 0.3) is 0 Å². The molecule has 0 fully saturated rings. The van der Waals surface area contributed by atoms with Crippen molar-refractivity contribution in [3.8, 4) is 0 Å². The fourth-order valence-corrected chi connectivity index (χ4v) is 1.19. The molecular formula is C10H10FN3. The van der Waals surface area contributed by atoms with Crippen LogP contribution in [0, 0.1) is 0 Å². The number of para-hydroxylation sites is 1. The smallest absolute Gasteiger partial charge is 0.128 e. The van der Waals surface area contributed by atoms with Crippen LogP contribution in [-0.4, -0.2) is 17.5 Å². The van der Waals surface area contributed by atoms with E-state index in [1.807, 2.05) is 30.3 Å². The van der Waals surface area contributed by atoms with Crippen LogP contribution in [0.25, 0.3) is 0 Å². The van der Waals surface area contributed by atoms with Crippen LogP contribution >= 0.6 is 0 Å². The molecule has 1 aromatic rings. The zero-order valence-corrected chi connectivity index (χ0v) is 7.52. The minimum Gasteiger partial charge on any atom is -0.342 e. The molecule has 1 N–H and O–H groups in total. The first kappa shape index (κ1) is 8.74. The van der Waals surface area contributed by atoms with E-state index >= 15 is 0 Å². The average Bonchev–Trinajstić information content (AvgIpc) is 2.19. The van der Waals surface area contributed by atoms with Crippen LogP contribution in [0.15, 0.2) is 47.7 Å². The standard InChI is InChI=1S/C10H10FN3/c11-14-7-6-12-10(8-14)13-9-4-2-1-3-5-9/h1-7H,8H2,(H,12,13). The summed E-state index contributed by atoms with van der Waals surface area (Å²) >= 11 is 0. The minimum atomic E-state index is 0.158. The normalized spacial score (nSPS) is 15.2. The molecule has 2 rings (SSSR count). The molecular weight excluding hydrogens is 181 g/mol. The fraction of sp³-hybridized carbons (Fsp3) is 0.100. The van der Waals surface area contributed by atoms with Crippen LogP contribution in [0.4, 0.5) is 10.2 Å². The van der Waals surface area contributed by atoms with Gasteiger partial charge in [0, 0.05) is 11.9 Å². The molecule has 72 valence electrons. The number of anilines is 1. The highest BCUT2D eigenvalue weighted by Crippen LogP contribution is 2.07. The van der Waals surface area contributed by atoms with Crippen molar-refractivity contribution in [1.29, 1.82) is 0 Å². The fourth-order valence-electron chi connectivity index (χ4n) is 1.19. The zero-order chi connectivity index (χ0) is 9.80. The van der Waals surface area contributed by atoms with Gasteiger partial charge in [0.05, 0.1) is 6.20 Å². The van der Waals surface area contributed by atoms with Gasteiger partial charge in [-0.15, -0.1) is 4.48 Å². The van der Waals surface area contributed by atoms with Gasteiger partial charge in [0.2, 0.25) is 0 Å². The van der Waals surface area contributed by atoms with E-state index in [9.17, 15) is 4.48 Å². The van der Waals surface area contributed by atoms with E-state index in [4.69, 9.17) is 0 Å². The maximum Gasteiger partial charge on any atom is 0.128 e. The first-order valence-corrected chi connectivity index (χ1v) is 4.32. The van der Waals surface area contributed by atoms with E-state index in [2.05, 4.69) is 10.3 Å². The lowest BCUT2D eigenvalue weighted by molar-refractivity contribution is 0.110. The lowest BCUT2D eigenvalue weighted by Gasteiger charge is -2.15. The van der Waals surface area contributed by atoms with E-state index in [0.717, 1.165) is 5.69 Å². The van der Waals surface area contributed by atoms with Gasteiger partial charge in [-0.2, -0.15) is 0 Å². The Morgan fingerprint density at radius 3 is 2.79 bits per heavy atom. The molecule has 1 aliphatic rings. The molecule has 3 nitrogen and oxygen atoms in total. The van der Waals surface area contributed by atoms with Crippen molar-refractivity contribution in [2.24, 2.45) is 4.99 Å². The van der Waals surface area contributed by atoms with Gasteiger partial charge in [-0.05, 0) is 12.1 Å².